The lowest BCUT2D eigenvalue weighted by Gasteiger charge is -2.26. The van der Waals surface area contributed by atoms with Crippen LogP contribution in [0, 0.1) is 18.2 Å². The van der Waals surface area contributed by atoms with Crippen LogP contribution in [-0.2, 0) is 6.42 Å². The lowest BCUT2D eigenvalue weighted by atomic mass is 9.79. The Hall–Kier alpha value is -4.46. The van der Waals surface area contributed by atoms with Crippen LogP contribution < -0.4 is 20.3 Å². The Kier molecular flexibility index (Phi) is 7.07. The topological polar surface area (TPSA) is 83.0 Å². The zero-order valence-electron chi connectivity index (χ0n) is 23.3. The van der Waals surface area contributed by atoms with Crippen LogP contribution in [0.4, 0.5) is 15.8 Å². The third kappa shape index (κ3) is 5.22. The Morgan fingerprint density at radius 3 is 2.76 bits per heavy atom. The van der Waals surface area contributed by atoms with Crippen LogP contribution in [0.15, 0.2) is 77.3 Å². The van der Waals surface area contributed by atoms with Crippen molar-refractivity contribution in [2.45, 2.75) is 32.6 Å². The number of nitrogens with one attached hydrogen (secondary N) is 2. The first-order chi connectivity index (χ1) is 19.9. The third-order valence-electron chi connectivity index (χ3n) is 8.40. The highest BCUT2D eigenvalue weighted by Gasteiger charge is 2.39. The Bertz CT molecular complexity index is 1600. The molecule has 2 heterocycles. The molecule has 0 aromatic heterocycles. The summed E-state index contributed by atoms with van der Waals surface area (Å²) in [5, 5.41) is 6.21. The van der Waals surface area contributed by atoms with Gasteiger partial charge >= 0.3 is 0 Å². The molecule has 0 fully saturated rings. The molecule has 6 rings (SSSR count). The number of aryl methyl sites for hydroxylation is 1. The normalized spacial score (nSPS) is 19.6. The Balaban J connectivity index is 1.26. The van der Waals surface area contributed by atoms with Gasteiger partial charge in [0.15, 0.2) is 0 Å². The summed E-state index contributed by atoms with van der Waals surface area (Å²) in [6.45, 7) is 4.04. The highest BCUT2D eigenvalue weighted by molar-refractivity contribution is 6.09. The van der Waals surface area contributed by atoms with Crippen molar-refractivity contribution in [2.75, 3.05) is 37.0 Å². The molecule has 7 nitrogen and oxygen atoms in total. The van der Waals surface area contributed by atoms with E-state index in [1.54, 1.807) is 31.2 Å². The predicted molar refractivity (Wildman–Crippen MR) is 159 cm³/mol. The number of anilines is 2. The van der Waals surface area contributed by atoms with Crippen molar-refractivity contribution in [3.05, 3.63) is 100 Å². The van der Waals surface area contributed by atoms with Gasteiger partial charge in [-0.3, -0.25) is 14.6 Å². The summed E-state index contributed by atoms with van der Waals surface area (Å²) >= 11 is 0. The molecule has 0 saturated heterocycles. The van der Waals surface area contributed by atoms with E-state index in [2.05, 4.69) is 27.8 Å². The number of aliphatic imine (C=N–C) groups is 1. The van der Waals surface area contributed by atoms with Crippen molar-refractivity contribution in [1.29, 1.82) is 0 Å². The molecular formula is C33H33FN4O3. The van der Waals surface area contributed by atoms with Crippen molar-refractivity contribution >= 4 is 29.0 Å². The molecule has 1 atom stereocenters. The van der Waals surface area contributed by atoms with Crippen LogP contribution in [-0.4, -0.2) is 44.4 Å². The van der Waals surface area contributed by atoms with Crippen LogP contribution in [0.3, 0.4) is 0 Å². The van der Waals surface area contributed by atoms with E-state index in [-0.39, 0.29) is 16.9 Å². The van der Waals surface area contributed by atoms with Crippen molar-refractivity contribution in [2.24, 2.45) is 10.4 Å². The van der Waals surface area contributed by atoms with E-state index in [4.69, 9.17) is 4.74 Å². The number of halogens is 1. The lowest BCUT2D eigenvalue weighted by molar-refractivity contribution is 0.0984. The van der Waals surface area contributed by atoms with Crippen LogP contribution in [0.25, 0.3) is 0 Å². The SMILES string of the molecule is COc1cc(C(=O)N2CC[C@]3(C=C(C4=NCCN4)CC3)Cc3ccccc32)ccc1NC(=O)c1cc(F)ccc1C. The molecule has 0 unspecified atom stereocenters. The van der Waals surface area contributed by atoms with E-state index >= 15 is 0 Å². The van der Waals surface area contributed by atoms with E-state index in [1.165, 1.54) is 24.8 Å². The Morgan fingerprint density at radius 2 is 1.95 bits per heavy atom. The standard InChI is InChI=1S/C33H33FN4O3/c1-21-7-9-25(34)18-26(21)31(39)37-27-10-8-22(17-29(27)41-2)32(40)38-16-13-33(19-23-5-3-4-6-28(23)38)12-11-24(20-33)30-35-14-15-36-30/h3-10,17-18,20H,11-16,19H2,1-2H3,(H,35,36)(H,37,39)/t33-/m0/s1. The molecule has 3 aliphatic rings. The number of hydrogen-bond acceptors (Lipinski definition) is 5. The van der Waals surface area contributed by atoms with Gasteiger partial charge in [-0.15, -0.1) is 0 Å². The van der Waals surface area contributed by atoms with Gasteiger partial charge in [-0.05, 0) is 91.1 Å². The largest absolute Gasteiger partial charge is 0.495 e. The van der Waals surface area contributed by atoms with E-state index in [0.717, 1.165) is 55.9 Å². The summed E-state index contributed by atoms with van der Waals surface area (Å²) in [5.41, 5.74) is 5.10. The van der Waals surface area contributed by atoms with Crippen molar-refractivity contribution < 1.29 is 18.7 Å². The smallest absolute Gasteiger partial charge is 0.258 e. The van der Waals surface area contributed by atoms with Gasteiger partial charge in [0.05, 0.1) is 19.3 Å². The number of allylic oxidation sites excluding steroid dienone is 1. The molecule has 0 saturated carbocycles. The van der Waals surface area contributed by atoms with E-state index in [0.29, 0.717) is 29.1 Å². The Morgan fingerprint density at radius 1 is 1.10 bits per heavy atom. The number of carbonyl (C=O) groups is 2. The van der Waals surface area contributed by atoms with Gasteiger partial charge in [-0.2, -0.15) is 0 Å². The number of fused-ring (bicyclic) bond motifs is 1. The monoisotopic (exact) mass is 552 g/mol. The molecule has 41 heavy (non-hydrogen) atoms. The molecule has 2 amide bonds. The number of amides is 2. The van der Waals surface area contributed by atoms with Crippen LogP contribution in [0.2, 0.25) is 0 Å². The second kappa shape index (κ2) is 10.8. The lowest BCUT2D eigenvalue weighted by Crippen LogP contribution is -2.33. The average Bonchev–Trinajstić information content (AvgIpc) is 3.63. The Labute approximate surface area is 239 Å². The van der Waals surface area contributed by atoms with Gasteiger partial charge in [0.2, 0.25) is 0 Å². The summed E-state index contributed by atoms with van der Waals surface area (Å²) in [7, 11) is 1.49. The summed E-state index contributed by atoms with van der Waals surface area (Å²) in [6, 6.07) is 17.2. The summed E-state index contributed by atoms with van der Waals surface area (Å²) in [4.78, 5) is 33.4. The first kappa shape index (κ1) is 26.7. The van der Waals surface area contributed by atoms with Gasteiger partial charge < -0.3 is 20.3 Å². The first-order valence-electron chi connectivity index (χ1n) is 14.0. The van der Waals surface area contributed by atoms with Gasteiger partial charge in [0.1, 0.15) is 17.4 Å². The van der Waals surface area contributed by atoms with E-state index in [1.807, 2.05) is 23.1 Å². The minimum Gasteiger partial charge on any atom is -0.495 e. The fourth-order valence-electron chi connectivity index (χ4n) is 6.20. The molecule has 1 aliphatic carbocycles. The minimum atomic E-state index is -0.485. The quantitative estimate of drug-likeness (QED) is 0.426. The predicted octanol–water partition coefficient (Wildman–Crippen LogP) is 5.70. The number of ether oxygens (including phenoxy) is 1. The molecule has 0 radical (unpaired) electrons. The molecule has 3 aromatic rings. The van der Waals surface area contributed by atoms with Crippen LogP contribution >= 0.6 is 0 Å². The van der Waals surface area contributed by atoms with Gasteiger partial charge in [-0.25, -0.2) is 4.39 Å². The number of methoxy groups -OCH3 is 1. The number of hydrogen-bond donors (Lipinski definition) is 2. The van der Waals surface area contributed by atoms with Crippen molar-refractivity contribution in [3.63, 3.8) is 0 Å². The maximum atomic E-state index is 14.0. The van der Waals surface area contributed by atoms with Crippen molar-refractivity contribution in [3.8, 4) is 5.75 Å². The number of rotatable bonds is 5. The van der Waals surface area contributed by atoms with Crippen LogP contribution in [0.1, 0.15) is 51.1 Å². The fourth-order valence-corrected chi connectivity index (χ4v) is 6.20. The fraction of sp³-hybridized carbons (Fsp3) is 0.303. The van der Waals surface area contributed by atoms with E-state index < -0.39 is 11.7 Å². The number of para-hydroxylation sites is 1. The molecule has 1 spiro atoms. The zero-order valence-corrected chi connectivity index (χ0v) is 23.3. The molecule has 210 valence electrons. The molecule has 2 aliphatic heterocycles. The number of carbonyl (C=O) groups excluding carboxylic acids is 2. The summed E-state index contributed by atoms with van der Waals surface area (Å²) in [5.74, 6) is 0.316. The average molecular weight is 553 g/mol. The molecule has 2 N–H and O–H groups in total. The van der Waals surface area contributed by atoms with Crippen LogP contribution in [0.5, 0.6) is 5.75 Å². The maximum absolute atomic E-state index is 14.0. The zero-order chi connectivity index (χ0) is 28.6. The summed E-state index contributed by atoms with van der Waals surface area (Å²) < 4.78 is 19.3. The first-order valence-corrected chi connectivity index (χ1v) is 14.0. The second-order valence-corrected chi connectivity index (χ2v) is 11.0. The highest BCUT2D eigenvalue weighted by atomic mass is 19.1. The molecule has 3 aromatic carbocycles. The highest BCUT2D eigenvalue weighted by Crippen LogP contribution is 2.46. The third-order valence-corrected chi connectivity index (χ3v) is 8.40. The maximum Gasteiger partial charge on any atom is 0.258 e. The summed E-state index contributed by atoms with van der Waals surface area (Å²) in [6.07, 6.45) is 6.14. The van der Waals surface area contributed by atoms with Gasteiger partial charge in [-0.1, -0.05) is 30.3 Å². The molecular weight excluding hydrogens is 519 g/mol. The minimum absolute atomic E-state index is 0.0197. The number of benzene rings is 3. The van der Waals surface area contributed by atoms with Gasteiger partial charge in [0, 0.05) is 29.9 Å². The second-order valence-electron chi connectivity index (χ2n) is 11.0. The number of amidine groups is 1. The van der Waals surface area contributed by atoms with Gasteiger partial charge in [0.25, 0.3) is 11.8 Å². The molecule has 8 heteroatoms. The van der Waals surface area contributed by atoms with E-state index in [9.17, 15) is 14.0 Å². The molecule has 0 bridgehead atoms. The van der Waals surface area contributed by atoms with Crippen molar-refractivity contribution in [1.82, 2.24) is 5.32 Å². The number of nitrogens with zero attached hydrogens (tertiary/aromatic N) is 2.